The molecule has 0 unspecified atom stereocenters. The van der Waals surface area contributed by atoms with Gasteiger partial charge in [-0.3, -0.25) is 0 Å². The van der Waals surface area contributed by atoms with Crippen molar-refractivity contribution in [1.29, 1.82) is 0 Å². The first kappa shape index (κ1) is 9.96. The Kier molecular flexibility index (Phi) is 3.50. The van der Waals surface area contributed by atoms with Gasteiger partial charge >= 0.3 is 0 Å². The van der Waals surface area contributed by atoms with Crippen molar-refractivity contribution < 1.29 is 9.50 Å². The van der Waals surface area contributed by atoms with Crippen molar-refractivity contribution in [1.82, 2.24) is 0 Å². The molecule has 0 aliphatic rings. The number of benzene rings is 1. The first-order valence-electron chi connectivity index (χ1n) is 3.40. The number of rotatable bonds is 2. The first-order valence-corrected chi connectivity index (χ1v) is 4.57. The fourth-order valence-corrected chi connectivity index (χ4v) is 1.53. The Bertz CT molecular complexity index is 291. The molecule has 0 aliphatic heterocycles. The largest absolute Gasteiger partial charge is 0.396 e. The third-order valence-corrected chi connectivity index (χ3v) is 2.82. The molecule has 0 bridgehead atoms. The third-order valence-electron chi connectivity index (χ3n) is 1.50. The summed E-state index contributed by atoms with van der Waals surface area (Å²) in [4.78, 5) is 0. The summed E-state index contributed by atoms with van der Waals surface area (Å²) in [6, 6.07) is 2.86. The average molecular weight is 253 g/mol. The highest BCUT2D eigenvalue weighted by molar-refractivity contribution is 9.10. The fourth-order valence-electron chi connectivity index (χ4n) is 0.910. The molecule has 0 radical (unpaired) electrons. The molecule has 0 atom stereocenters. The van der Waals surface area contributed by atoms with E-state index in [0.29, 0.717) is 15.1 Å². The van der Waals surface area contributed by atoms with Crippen molar-refractivity contribution in [3.8, 4) is 0 Å². The van der Waals surface area contributed by atoms with E-state index in [1.807, 2.05) is 0 Å². The predicted octanol–water partition coefficient (Wildman–Crippen LogP) is 2.78. The van der Waals surface area contributed by atoms with Crippen LogP contribution in [0.25, 0.3) is 0 Å². The summed E-state index contributed by atoms with van der Waals surface area (Å²) in [5, 5.41) is 8.96. The van der Waals surface area contributed by atoms with Crippen LogP contribution in [0.15, 0.2) is 16.6 Å². The monoisotopic (exact) mass is 252 g/mol. The molecule has 1 N–H and O–H groups in total. The van der Waals surface area contributed by atoms with E-state index in [9.17, 15) is 4.39 Å². The Labute approximate surface area is 83.3 Å². The van der Waals surface area contributed by atoms with Crippen molar-refractivity contribution in [2.45, 2.75) is 6.42 Å². The second-order valence-corrected chi connectivity index (χ2v) is 3.53. The lowest BCUT2D eigenvalue weighted by molar-refractivity contribution is 0.297. The lowest BCUT2D eigenvalue weighted by Crippen LogP contribution is -1.96. The van der Waals surface area contributed by atoms with E-state index in [0.717, 1.165) is 0 Å². The summed E-state index contributed by atoms with van der Waals surface area (Å²) >= 11 is 8.95. The lowest BCUT2D eigenvalue weighted by Gasteiger charge is -2.04. The van der Waals surface area contributed by atoms with E-state index >= 15 is 0 Å². The van der Waals surface area contributed by atoms with Crippen LogP contribution in [0.5, 0.6) is 0 Å². The molecular formula is C8H7BrClFO. The SMILES string of the molecule is OCCc1c(F)ccc(Br)c1Cl. The minimum Gasteiger partial charge on any atom is -0.396 e. The van der Waals surface area contributed by atoms with Crippen molar-refractivity contribution in [2.75, 3.05) is 6.61 Å². The van der Waals surface area contributed by atoms with Crippen LogP contribution in [0.2, 0.25) is 5.02 Å². The van der Waals surface area contributed by atoms with Crippen LogP contribution < -0.4 is 0 Å². The standard InChI is InChI=1S/C8H7BrClFO/c9-6-1-2-7(11)5(3-4-12)8(6)10/h1-2,12H,3-4H2. The Morgan fingerprint density at radius 1 is 1.50 bits per heavy atom. The molecule has 0 saturated heterocycles. The molecule has 1 nitrogen and oxygen atoms in total. The molecule has 0 fully saturated rings. The van der Waals surface area contributed by atoms with E-state index in [1.165, 1.54) is 6.07 Å². The van der Waals surface area contributed by atoms with Gasteiger partial charge in [-0.15, -0.1) is 0 Å². The van der Waals surface area contributed by atoms with Gasteiger partial charge in [0.15, 0.2) is 0 Å². The van der Waals surface area contributed by atoms with Crippen molar-refractivity contribution in [3.05, 3.63) is 33.0 Å². The highest BCUT2D eigenvalue weighted by Gasteiger charge is 2.09. The highest BCUT2D eigenvalue weighted by atomic mass is 79.9. The minimum atomic E-state index is -0.378. The zero-order valence-electron chi connectivity index (χ0n) is 6.15. The van der Waals surface area contributed by atoms with Gasteiger partial charge in [0, 0.05) is 16.6 Å². The molecule has 0 heterocycles. The van der Waals surface area contributed by atoms with Gasteiger partial charge in [-0.1, -0.05) is 11.6 Å². The van der Waals surface area contributed by atoms with Crippen molar-refractivity contribution in [3.63, 3.8) is 0 Å². The molecule has 0 amide bonds. The van der Waals surface area contributed by atoms with Crippen molar-refractivity contribution in [2.24, 2.45) is 0 Å². The summed E-state index contributed by atoms with van der Waals surface area (Å²) in [7, 11) is 0. The number of hydrogen-bond donors (Lipinski definition) is 1. The van der Waals surface area contributed by atoms with E-state index in [2.05, 4.69) is 15.9 Å². The number of hydrogen-bond acceptors (Lipinski definition) is 1. The van der Waals surface area contributed by atoms with Gasteiger partial charge in [-0.25, -0.2) is 4.39 Å². The zero-order chi connectivity index (χ0) is 9.14. The second-order valence-electron chi connectivity index (χ2n) is 2.30. The van der Waals surface area contributed by atoms with Crippen LogP contribution in [0, 0.1) is 5.82 Å². The molecule has 0 aromatic heterocycles. The Morgan fingerprint density at radius 2 is 2.17 bits per heavy atom. The summed E-state index contributed by atoms with van der Waals surface area (Å²) in [5.41, 5.74) is 0.355. The van der Waals surface area contributed by atoms with Gasteiger partial charge in [-0.2, -0.15) is 0 Å². The van der Waals surface area contributed by atoms with Crippen molar-refractivity contribution >= 4 is 27.5 Å². The predicted molar refractivity (Wildman–Crippen MR) is 49.9 cm³/mol. The first-order chi connectivity index (χ1) is 5.66. The quantitative estimate of drug-likeness (QED) is 0.804. The van der Waals surface area contributed by atoms with E-state index in [-0.39, 0.29) is 18.8 Å². The van der Waals surface area contributed by atoms with Gasteiger partial charge in [0.2, 0.25) is 0 Å². The van der Waals surface area contributed by atoms with E-state index < -0.39 is 0 Å². The molecule has 0 saturated carbocycles. The van der Waals surface area contributed by atoms with Gasteiger partial charge in [0.1, 0.15) is 5.82 Å². The smallest absolute Gasteiger partial charge is 0.128 e. The van der Waals surface area contributed by atoms with Crippen LogP contribution in [0.1, 0.15) is 5.56 Å². The molecular weight excluding hydrogens is 246 g/mol. The van der Waals surface area contributed by atoms with Gasteiger partial charge in [0.25, 0.3) is 0 Å². The third kappa shape index (κ3) is 1.97. The van der Waals surface area contributed by atoms with Crippen LogP contribution in [0.3, 0.4) is 0 Å². The molecule has 1 rings (SSSR count). The average Bonchev–Trinajstić information content (AvgIpc) is 2.06. The van der Waals surface area contributed by atoms with Gasteiger partial charge in [0.05, 0.1) is 5.02 Å². The molecule has 0 aliphatic carbocycles. The normalized spacial score (nSPS) is 10.3. The van der Waals surface area contributed by atoms with Gasteiger partial charge < -0.3 is 5.11 Å². The molecule has 1 aromatic rings. The molecule has 4 heteroatoms. The maximum atomic E-state index is 13.0. The summed E-state index contributed by atoms with van der Waals surface area (Å²) in [6.45, 7) is -0.104. The second kappa shape index (κ2) is 4.21. The van der Waals surface area contributed by atoms with Crippen LogP contribution in [-0.2, 0) is 6.42 Å². The summed E-state index contributed by atoms with van der Waals surface area (Å²) in [6.07, 6.45) is 0.240. The van der Waals surface area contributed by atoms with Crippen LogP contribution >= 0.6 is 27.5 Å². The molecule has 12 heavy (non-hydrogen) atoms. The maximum Gasteiger partial charge on any atom is 0.128 e. The van der Waals surface area contributed by atoms with E-state index in [1.54, 1.807) is 6.07 Å². The lowest BCUT2D eigenvalue weighted by atomic mass is 10.1. The zero-order valence-corrected chi connectivity index (χ0v) is 8.49. The number of aliphatic hydroxyl groups excluding tert-OH is 1. The summed E-state index contributed by atoms with van der Waals surface area (Å²) in [5.74, 6) is -0.378. The molecule has 66 valence electrons. The number of halogens is 3. The van der Waals surface area contributed by atoms with Crippen LogP contribution in [-0.4, -0.2) is 11.7 Å². The Balaban J connectivity index is 3.14. The number of aliphatic hydroxyl groups is 1. The molecule has 1 aromatic carbocycles. The fraction of sp³-hybridized carbons (Fsp3) is 0.250. The molecule has 0 spiro atoms. The summed E-state index contributed by atoms with van der Waals surface area (Å²) < 4.78 is 13.6. The Hall–Kier alpha value is -0.120. The van der Waals surface area contributed by atoms with Crippen LogP contribution in [0.4, 0.5) is 4.39 Å². The highest BCUT2D eigenvalue weighted by Crippen LogP contribution is 2.28. The van der Waals surface area contributed by atoms with Gasteiger partial charge in [-0.05, 0) is 34.5 Å². The van der Waals surface area contributed by atoms with E-state index in [4.69, 9.17) is 16.7 Å². The maximum absolute atomic E-state index is 13.0. The minimum absolute atomic E-state index is 0.104. The topological polar surface area (TPSA) is 20.2 Å². The Morgan fingerprint density at radius 3 is 2.75 bits per heavy atom.